The second-order valence-corrected chi connectivity index (χ2v) is 5.74. The van der Waals surface area contributed by atoms with E-state index in [4.69, 9.17) is 0 Å². The molecule has 0 aliphatic rings. The predicted octanol–water partition coefficient (Wildman–Crippen LogP) is 2.94. The van der Waals surface area contributed by atoms with E-state index in [9.17, 15) is 0 Å². The number of aromatic nitrogens is 2. The molecule has 2 aromatic heterocycles. The van der Waals surface area contributed by atoms with Crippen LogP contribution < -0.4 is 5.32 Å². The van der Waals surface area contributed by atoms with Gasteiger partial charge in [-0.25, -0.2) is 0 Å². The third kappa shape index (κ3) is 3.21. The Labute approximate surface area is 113 Å². The molecule has 0 spiro atoms. The average Bonchev–Trinajstić information content (AvgIpc) is 2.97. The molecule has 18 heavy (non-hydrogen) atoms. The molecule has 1 unspecified atom stereocenters. The van der Waals surface area contributed by atoms with Crippen molar-refractivity contribution >= 4 is 11.3 Å². The predicted molar refractivity (Wildman–Crippen MR) is 77.0 cm³/mol. The number of rotatable bonds is 6. The molecule has 98 valence electrons. The van der Waals surface area contributed by atoms with E-state index >= 15 is 0 Å². The van der Waals surface area contributed by atoms with Crippen molar-refractivity contribution in [3.63, 3.8) is 0 Å². The van der Waals surface area contributed by atoms with Crippen LogP contribution in [0.2, 0.25) is 0 Å². The highest BCUT2D eigenvalue weighted by Crippen LogP contribution is 2.24. The monoisotopic (exact) mass is 263 g/mol. The standard InChI is InChI=1S/C14H21N3S/c1-4-12-6-7-13(18-12)8-14(15-5-2)11-9-16-17(3)10-11/h6-7,9-10,14-15H,4-5,8H2,1-3H3. The van der Waals surface area contributed by atoms with Crippen LogP contribution in [0.25, 0.3) is 0 Å². The molecule has 0 radical (unpaired) electrons. The first-order valence-electron chi connectivity index (χ1n) is 6.52. The number of aryl methyl sites for hydroxylation is 2. The molecule has 0 saturated heterocycles. The Balaban J connectivity index is 2.10. The van der Waals surface area contributed by atoms with Gasteiger partial charge in [0, 0.05) is 41.0 Å². The second-order valence-electron chi connectivity index (χ2n) is 4.48. The summed E-state index contributed by atoms with van der Waals surface area (Å²) in [5.74, 6) is 0. The van der Waals surface area contributed by atoms with Gasteiger partial charge in [-0.1, -0.05) is 13.8 Å². The van der Waals surface area contributed by atoms with Gasteiger partial charge in [0.1, 0.15) is 0 Å². The summed E-state index contributed by atoms with van der Waals surface area (Å²) < 4.78 is 1.87. The summed E-state index contributed by atoms with van der Waals surface area (Å²) in [7, 11) is 1.97. The van der Waals surface area contributed by atoms with E-state index < -0.39 is 0 Å². The van der Waals surface area contributed by atoms with Crippen LogP contribution in [0.5, 0.6) is 0 Å². The quantitative estimate of drug-likeness (QED) is 0.868. The zero-order valence-electron chi connectivity index (χ0n) is 11.3. The molecule has 0 aliphatic carbocycles. The van der Waals surface area contributed by atoms with E-state index in [-0.39, 0.29) is 0 Å². The summed E-state index contributed by atoms with van der Waals surface area (Å²) in [6, 6.07) is 4.86. The average molecular weight is 263 g/mol. The van der Waals surface area contributed by atoms with Crippen molar-refractivity contribution in [2.24, 2.45) is 7.05 Å². The van der Waals surface area contributed by atoms with Crippen molar-refractivity contribution in [2.75, 3.05) is 6.54 Å². The largest absolute Gasteiger partial charge is 0.310 e. The Kier molecular flexibility index (Phi) is 4.55. The molecule has 2 heterocycles. The molecule has 0 aromatic carbocycles. The van der Waals surface area contributed by atoms with Crippen LogP contribution in [0.3, 0.4) is 0 Å². The highest BCUT2D eigenvalue weighted by atomic mass is 32.1. The smallest absolute Gasteiger partial charge is 0.0537 e. The molecular weight excluding hydrogens is 242 g/mol. The van der Waals surface area contributed by atoms with Gasteiger partial charge < -0.3 is 5.32 Å². The Hall–Kier alpha value is -1.13. The molecule has 2 aromatic rings. The fourth-order valence-corrected chi connectivity index (χ4v) is 3.10. The maximum Gasteiger partial charge on any atom is 0.0537 e. The summed E-state index contributed by atoms with van der Waals surface area (Å²) in [5.41, 5.74) is 1.27. The van der Waals surface area contributed by atoms with E-state index in [1.165, 1.54) is 15.3 Å². The van der Waals surface area contributed by atoms with Crippen molar-refractivity contribution in [1.29, 1.82) is 0 Å². The molecule has 0 saturated carbocycles. The number of hydrogen-bond donors (Lipinski definition) is 1. The number of nitrogens with zero attached hydrogens (tertiary/aromatic N) is 2. The lowest BCUT2D eigenvalue weighted by atomic mass is 10.1. The van der Waals surface area contributed by atoms with Gasteiger partial charge in [0.05, 0.1) is 6.20 Å². The van der Waals surface area contributed by atoms with E-state index in [2.05, 4.69) is 42.6 Å². The summed E-state index contributed by atoms with van der Waals surface area (Å²) in [6.45, 7) is 5.33. The molecule has 1 N–H and O–H groups in total. The van der Waals surface area contributed by atoms with Crippen LogP contribution in [-0.2, 0) is 19.9 Å². The van der Waals surface area contributed by atoms with Gasteiger partial charge in [0.2, 0.25) is 0 Å². The molecule has 0 amide bonds. The van der Waals surface area contributed by atoms with Crippen molar-refractivity contribution in [2.45, 2.75) is 32.7 Å². The van der Waals surface area contributed by atoms with E-state index in [1.807, 2.05) is 29.3 Å². The number of nitrogens with one attached hydrogen (secondary N) is 1. The van der Waals surface area contributed by atoms with Crippen LogP contribution in [0, 0.1) is 0 Å². The molecule has 4 heteroatoms. The Morgan fingerprint density at radius 3 is 2.67 bits per heavy atom. The molecule has 2 rings (SSSR count). The van der Waals surface area contributed by atoms with Crippen molar-refractivity contribution in [1.82, 2.24) is 15.1 Å². The normalized spacial score (nSPS) is 12.8. The third-order valence-electron chi connectivity index (χ3n) is 3.05. The van der Waals surface area contributed by atoms with Gasteiger partial charge in [0.25, 0.3) is 0 Å². The number of thiophene rings is 1. The highest BCUT2D eigenvalue weighted by molar-refractivity contribution is 7.11. The summed E-state index contributed by atoms with van der Waals surface area (Å²) in [5, 5.41) is 7.80. The third-order valence-corrected chi connectivity index (χ3v) is 4.30. The maximum absolute atomic E-state index is 4.26. The number of hydrogen-bond acceptors (Lipinski definition) is 3. The minimum atomic E-state index is 0.368. The first-order valence-corrected chi connectivity index (χ1v) is 7.34. The lowest BCUT2D eigenvalue weighted by Crippen LogP contribution is -2.22. The topological polar surface area (TPSA) is 29.9 Å². The summed E-state index contributed by atoms with van der Waals surface area (Å²) >= 11 is 1.92. The minimum absolute atomic E-state index is 0.368. The van der Waals surface area contributed by atoms with Crippen LogP contribution in [0.4, 0.5) is 0 Å². The van der Waals surface area contributed by atoms with Crippen molar-refractivity contribution < 1.29 is 0 Å². The highest BCUT2D eigenvalue weighted by Gasteiger charge is 2.14. The zero-order valence-corrected chi connectivity index (χ0v) is 12.1. The van der Waals surface area contributed by atoms with Gasteiger partial charge in [-0.2, -0.15) is 5.10 Å². The molecule has 0 aliphatic heterocycles. The Morgan fingerprint density at radius 1 is 1.33 bits per heavy atom. The molecule has 1 atom stereocenters. The first-order chi connectivity index (χ1) is 8.72. The second kappa shape index (κ2) is 6.16. The fourth-order valence-electron chi connectivity index (χ4n) is 2.10. The fraction of sp³-hybridized carbons (Fsp3) is 0.500. The summed E-state index contributed by atoms with van der Waals surface area (Å²) in [6.07, 6.45) is 6.23. The number of likely N-dealkylation sites (N-methyl/N-ethyl adjacent to an activating group) is 1. The van der Waals surface area contributed by atoms with Gasteiger partial charge in [-0.3, -0.25) is 4.68 Å². The van der Waals surface area contributed by atoms with E-state index in [0.29, 0.717) is 6.04 Å². The Bertz CT molecular complexity index is 487. The Morgan fingerprint density at radius 2 is 2.11 bits per heavy atom. The van der Waals surface area contributed by atoms with Crippen molar-refractivity contribution in [3.05, 3.63) is 39.8 Å². The zero-order chi connectivity index (χ0) is 13.0. The van der Waals surface area contributed by atoms with E-state index in [0.717, 1.165) is 19.4 Å². The van der Waals surface area contributed by atoms with Crippen LogP contribution in [0.15, 0.2) is 24.5 Å². The van der Waals surface area contributed by atoms with Gasteiger partial charge in [-0.15, -0.1) is 11.3 Å². The molecule has 0 bridgehead atoms. The van der Waals surface area contributed by atoms with Crippen LogP contribution in [-0.4, -0.2) is 16.3 Å². The van der Waals surface area contributed by atoms with Gasteiger partial charge >= 0.3 is 0 Å². The van der Waals surface area contributed by atoms with Gasteiger partial charge in [0.15, 0.2) is 0 Å². The first kappa shape index (κ1) is 13.3. The minimum Gasteiger partial charge on any atom is -0.310 e. The van der Waals surface area contributed by atoms with Crippen molar-refractivity contribution in [3.8, 4) is 0 Å². The van der Waals surface area contributed by atoms with E-state index in [1.54, 1.807) is 0 Å². The van der Waals surface area contributed by atoms with Gasteiger partial charge in [-0.05, 0) is 25.1 Å². The molecular formula is C14H21N3S. The summed E-state index contributed by atoms with van der Waals surface area (Å²) in [4.78, 5) is 2.91. The lowest BCUT2D eigenvalue weighted by molar-refractivity contribution is 0.553. The van der Waals surface area contributed by atoms with Crippen LogP contribution >= 0.6 is 11.3 Å². The molecule has 3 nitrogen and oxygen atoms in total. The SMILES string of the molecule is CCNC(Cc1ccc(CC)s1)c1cnn(C)c1. The van der Waals surface area contributed by atoms with Crippen LogP contribution in [0.1, 0.15) is 35.2 Å². The molecule has 0 fully saturated rings. The maximum atomic E-state index is 4.26. The lowest BCUT2D eigenvalue weighted by Gasteiger charge is -2.15.